The zero-order chi connectivity index (χ0) is 8.44. The van der Waals surface area contributed by atoms with Crippen LogP contribution in [0.5, 0.6) is 0 Å². The number of ether oxygens (including phenoxy) is 2. The standard InChI is InChI=1S/C9H17NO2/c1-2-10-5-3-4-9(8-10)11-6-7-12-9/h2-8H2,1H3. The number of likely N-dealkylation sites (N-methyl/N-ethyl adjacent to an activating group) is 1. The zero-order valence-corrected chi connectivity index (χ0v) is 7.71. The van der Waals surface area contributed by atoms with Gasteiger partial charge in [0.1, 0.15) is 0 Å². The number of hydrogen-bond donors (Lipinski definition) is 0. The van der Waals surface area contributed by atoms with Crippen molar-refractivity contribution in [2.75, 3.05) is 32.8 Å². The van der Waals surface area contributed by atoms with Crippen molar-refractivity contribution in [3.63, 3.8) is 0 Å². The van der Waals surface area contributed by atoms with E-state index in [0.29, 0.717) is 0 Å². The van der Waals surface area contributed by atoms with Crippen LogP contribution in [-0.4, -0.2) is 43.5 Å². The van der Waals surface area contributed by atoms with Crippen molar-refractivity contribution < 1.29 is 9.47 Å². The molecule has 3 nitrogen and oxygen atoms in total. The van der Waals surface area contributed by atoms with Crippen LogP contribution in [-0.2, 0) is 9.47 Å². The number of piperidine rings is 1. The van der Waals surface area contributed by atoms with E-state index in [9.17, 15) is 0 Å². The fourth-order valence-electron chi connectivity index (χ4n) is 2.07. The van der Waals surface area contributed by atoms with Crippen molar-refractivity contribution in [3.05, 3.63) is 0 Å². The summed E-state index contributed by atoms with van der Waals surface area (Å²) in [4.78, 5) is 2.40. The van der Waals surface area contributed by atoms with Gasteiger partial charge in [-0.25, -0.2) is 0 Å². The Labute approximate surface area is 73.6 Å². The molecule has 0 aromatic heterocycles. The molecule has 0 aromatic carbocycles. The maximum Gasteiger partial charge on any atom is 0.181 e. The monoisotopic (exact) mass is 171 g/mol. The number of hydrogen-bond acceptors (Lipinski definition) is 3. The number of nitrogens with zero attached hydrogens (tertiary/aromatic N) is 1. The minimum absolute atomic E-state index is 0.228. The molecule has 0 radical (unpaired) electrons. The largest absolute Gasteiger partial charge is 0.346 e. The second-order valence-electron chi connectivity index (χ2n) is 3.58. The molecule has 70 valence electrons. The topological polar surface area (TPSA) is 21.7 Å². The molecular formula is C9H17NO2. The van der Waals surface area contributed by atoms with Crippen LogP contribution in [0.15, 0.2) is 0 Å². The third-order valence-electron chi connectivity index (χ3n) is 2.76. The van der Waals surface area contributed by atoms with Gasteiger partial charge in [-0.1, -0.05) is 6.92 Å². The maximum atomic E-state index is 5.65. The highest BCUT2D eigenvalue weighted by molar-refractivity contribution is 4.83. The first kappa shape index (κ1) is 8.48. The highest BCUT2D eigenvalue weighted by atomic mass is 16.7. The molecule has 2 aliphatic heterocycles. The van der Waals surface area contributed by atoms with Crippen molar-refractivity contribution in [1.29, 1.82) is 0 Å². The molecule has 2 heterocycles. The summed E-state index contributed by atoms with van der Waals surface area (Å²) in [5, 5.41) is 0. The van der Waals surface area contributed by atoms with Gasteiger partial charge in [-0.2, -0.15) is 0 Å². The molecule has 3 heteroatoms. The Kier molecular flexibility index (Phi) is 2.35. The van der Waals surface area contributed by atoms with E-state index in [0.717, 1.165) is 32.7 Å². The Bertz CT molecular complexity index is 155. The molecule has 0 unspecified atom stereocenters. The van der Waals surface area contributed by atoms with E-state index in [1.807, 2.05) is 0 Å². The molecule has 0 saturated carbocycles. The lowest BCUT2D eigenvalue weighted by Gasteiger charge is -2.37. The van der Waals surface area contributed by atoms with Gasteiger partial charge in [-0.15, -0.1) is 0 Å². The van der Waals surface area contributed by atoms with Crippen LogP contribution in [0.3, 0.4) is 0 Å². The van der Waals surface area contributed by atoms with Crippen LogP contribution >= 0.6 is 0 Å². The third-order valence-corrected chi connectivity index (χ3v) is 2.76. The van der Waals surface area contributed by atoms with E-state index >= 15 is 0 Å². The Morgan fingerprint density at radius 3 is 2.75 bits per heavy atom. The van der Waals surface area contributed by atoms with Crippen LogP contribution < -0.4 is 0 Å². The van der Waals surface area contributed by atoms with Crippen molar-refractivity contribution in [2.45, 2.75) is 25.6 Å². The van der Waals surface area contributed by atoms with Gasteiger partial charge in [0.2, 0.25) is 0 Å². The number of rotatable bonds is 1. The Morgan fingerprint density at radius 1 is 1.33 bits per heavy atom. The molecule has 0 aromatic rings. The Balaban J connectivity index is 1.97. The molecule has 12 heavy (non-hydrogen) atoms. The maximum absolute atomic E-state index is 5.65. The van der Waals surface area contributed by atoms with Gasteiger partial charge in [0.05, 0.1) is 19.8 Å². The molecule has 0 bridgehead atoms. The molecule has 2 fully saturated rings. The fraction of sp³-hybridized carbons (Fsp3) is 1.00. The molecule has 1 spiro atoms. The lowest BCUT2D eigenvalue weighted by Crippen LogP contribution is -2.48. The van der Waals surface area contributed by atoms with Gasteiger partial charge in [0, 0.05) is 6.42 Å². The van der Waals surface area contributed by atoms with Crippen molar-refractivity contribution in [2.24, 2.45) is 0 Å². The minimum atomic E-state index is -0.228. The third kappa shape index (κ3) is 1.49. The van der Waals surface area contributed by atoms with E-state index in [2.05, 4.69) is 11.8 Å². The first-order chi connectivity index (χ1) is 5.85. The van der Waals surface area contributed by atoms with Gasteiger partial charge in [-0.3, -0.25) is 4.90 Å². The smallest absolute Gasteiger partial charge is 0.181 e. The average molecular weight is 171 g/mol. The summed E-state index contributed by atoms with van der Waals surface area (Å²) in [6.07, 6.45) is 2.28. The quantitative estimate of drug-likeness (QED) is 0.583. The lowest BCUT2D eigenvalue weighted by atomic mass is 10.0. The molecule has 2 saturated heterocycles. The Morgan fingerprint density at radius 2 is 2.08 bits per heavy atom. The molecule has 0 aliphatic carbocycles. The minimum Gasteiger partial charge on any atom is -0.346 e. The van der Waals surface area contributed by atoms with Crippen LogP contribution in [0.1, 0.15) is 19.8 Å². The molecule has 0 atom stereocenters. The van der Waals surface area contributed by atoms with Crippen molar-refractivity contribution in [1.82, 2.24) is 4.90 Å². The first-order valence-electron chi connectivity index (χ1n) is 4.85. The van der Waals surface area contributed by atoms with E-state index in [-0.39, 0.29) is 5.79 Å². The van der Waals surface area contributed by atoms with E-state index in [1.54, 1.807) is 0 Å². The Hall–Kier alpha value is -0.120. The summed E-state index contributed by atoms with van der Waals surface area (Å²) in [6.45, 7) is 7.01. The van der Waals surface area contributed by atoms with E-state index in [4.69, 9.17) is 9.47 Å². The van der Waals surface area contributed by atoms with Gasteiger partial charge in [0.15, 0.2) is 5.79 Å². The average Bonchev–Trinajstić information content (AvgIpc) is 2.53. The fourth-order valence-corrected chi connectivity index (χ4v) is 2.07. The molecule has 2 rings (SSSR count). The van der Waals surface area contributed by atoms with Gasteiger partial charge in [-0.05, 0) is 19.5 Å². The highest BCUT2D eigenvalue weighted by Gasteiger charge is 2.40. The molecular weight excluding hydrogens is 154 g/mol. The predicted molar refractivity (Wildman–Crippen MR) is 46.0 cm³/mol. The van der Waals surface area contributed by atoms with Gasteiger partial charge in [0.25, 0.3) is 0 Å². The van der Waals surface area contributed by atoms with Crippen LogP contribution in [0.4, 0.5) is 0 Å². The van der Waals surface area contributed by atoms with E-state index in [1.165, 1.54) is 13.0 Å². The SMILES string of the molecule is CCN1CCCC2(C1)OCCO2. The first-order valence-corrected chi connectivity index (χ1v) is 4.85. The summed E-state index contributed by atoms with van der Waals surface area (Å²) in [6, 6.07) is 0. The predicted octanol–water partition coefficient (Wildman–Crippen LogP) is 0.845. The van der Waals surface area contributed by atoms with Crippen LogP contribution in [0.25, 0.3) is 0 Å². The molecule has 0 amide bonds. The van der Waals surface area contributed by atoms with Gasteiger partial charge < -0.3 is 9.47 Å². The highest BCUT2D eigenvalue weighted by Crippen LogP contribution is 2.29. The van der Waals surface area contributed by atoms with Crippen molar-refractivity contribution in [3.8, 4) is 0 Å². The molecule has 0 N–H and O–H groups in total. The zero-order valence-electron chi connectivity index (χ0n) is 7.71. The second-order valence-corrected chi connectivity index (χ2v) is 3.58. The van der Waals surface area contributed by atoms with Gasteiger partial charge >= 0.3 is 0 Å². The van der Waals surface area contributed by atoms with E-state index < -0.39 is 0 Å². The summed E-state index contributed by atoms with van der Waals surface area (Å²) in [5.41, 5.74) is 0. The normalized spacial score (nSPS) is 29.8. The molecule has 2 aliphatic rings. The van der Waals surface area contributed by atoms with Crippen LogP contribution in [0.2, 0.25) is 0 Å². The summed E-state index contributed by atoms with van der Waals surface area (Å²) < 4.78 is 11.3. The number of likely N-dealkylation sites (tertiary alicyclic amines) is 1. The van der Waals surface area contributed by atoms with Crippen LogP contribution in [0, 0.1) is 0 Å². The summed E-state index contributed by atoms with van der Waals surface area (Å²) in [7, 11) is 0. The van der Waals surface area contributed by atoms with Crippen molar-refractivity contribution >= 4 is 0 Å². The summed E-state index contributed by atoms with van der Waals surface area (Å²) >= 11 is 0. The second kappa shape index (κ2) is 3.32. The lowest BCUT2D eigenvalue weighted by molar-refractivity contribution is -0.188. The summed E-state index contributed by atoms with van der Waals surface area (Å²) in [5.74, 6) is -0.228.